The first-order valence-corrected chi connectivity index (χ1v) is 6.12. The van der Waals surface area contributed by atoms with E-state index in [9.17, 15) is 0 Å². The molecule has 1 saturated heterocycles. The highest BCUT2D eigenvalue weighted by Gasteiger charge is 2.34. The molecule has 1 heteroatoms. The zero-order valence-electron chi connectivity index (χ0n) is 8.97. The summed E-state index contributed by atoms with van der Waals surface area (Å²) in [4.78, 5) is 2.61. The maximum Gasteiger partial charge on any atom is 0.00128 e. The number of nitrogens with zero attached hydrogens (tertiary/aromatic N) is 1. The molecule has 0 aromatic heterocycles. The van der Waals surface area contributed by atoms with Crippen molar-refractivity contribution in [3.05, 3.63) is 0 Å². The minimum atomic E-state index is 1.08. The second-order valence-corrected chi connectivity index (χ2v) is 4.86. The van der Waals surface area contributed by atoms with Crippen molar-refractivity contribution in [1.29, 1.82) is 0 Å². The Bertz CT molecular complexity index is 138. The van der Waals surface area contributed by atoms with Crippen LogP contribution in [-0.4, -0.2) is 24.5 Å². The van der Waals surface area contributed by atoms with Gasteiger partial charge < -0.3 is 4.90 Å². The maximum atomic E-state index is 2.61. The van der Waals surface area contributed by atoms with Gasteiger partial charge in [-0.25, -0.2) is 0 Å². The summed E-state index contributed by atoms with van der Waals surface area (Å²) >= 11 is 0. The Morgan fingerprint density at radius 2 is 1.46 bits per heavy atom. The van der Waals surface area contributed by atoms with E-state index < -0.39 is 0 Å². The molecule has 0 spiro atoms. The summed E-state index contributed by atoms with van der Waals surface area (Å²) in [6.45, 7) is 6.36. The predicted molar refractivity (Wildman–Crippen MR) is 56.8 cm³/mol. The molecule has 0 unspecified atom stereocenters. The molecule has 3 rings (SSSR count). The molecule has 2 atom stereocenters. The van der Waals surface area contributed by atoms with Crippen LogP contribution in [0.3, 0.4) is 0 Å². The topological polar surface area (TPSA) is 3.24 Å². The fourth-order valence-electron chi connectivity index (χ4n) is 2.59. The second-order valence-electron chi connectivity index (χ2n) is 4.86. The Balaban J connectivity index is 0.000000185. The lowest BCUT2D eigenvalue weighted by Gasteiger charge is -2.12. The van der Waals surface area contributed by atoms with Crippen LogP contribution in [-0.2, 0) is 0 Å². The largest absolute Gasteiger partial charge is 0.303 e. The van der Waals surface area contributed by atoms with Gasteiger partial charge >= 0.3 is 0 Å². The van der Waals surface area contributed by atoms with Gasteiger partial charge in [-0.2, -0.15) is 0 Å². The van der Waals surface area contributed by atoms with Crippen molar-refractivity contribution in [1.82, 2.24) is 4.90 Å². The third-order valence-electron chi connectivity index (χ3n) is 3.60. The fraction of sp³-hybridized carbons (Fsp3) is 1.00. The van der Waals surface area contributed by atoms with E-state index in [4.69, 9.17) is 0 Å². The number of rotatable bonds is 1. The summed E-state index contributed by atoms with van der Waals surface area (Å²) in [5.74, 6) is 2.17. The minimum absolute atomic E-state index is 1.08. The van der Waals surface area contributed by atoms with Crippen molar-refractivity contribution >= 4 is 0 Å². The van der Waals surface area contributed by atoms with E-state index in [1.54, 1.807) is 0 Å². The lowest BCUT2D eigenvalue weighted by molar-refractivity contribution is 0.328. The van der Waals surface area contributed by atoms with E-state index in [0.717, 1.165) is 11.8 Å². The van der Waals surface area contributed by atoms with Gasteiger partial charge in [0.1, 0.15) is 0 Å². The van der Waals surface area contributed by atoms with Gasteiger partial charge in [0.05, 0.1) is 0 Å². The van der Waals surface area contributed by atoms with Gasteiger partial charge in [-0.15, -0.1) is 0 Å². The summed E-state index contributed by atoms with van der Waals surface area (Å²) in [7, 11) is 0. The lowest BCUT2D eigenvalue weighted by atomic mass is 10.0. The van der Waals surface area contributed by atoms with Crippen molar-refractivity contribution in [3.8, 4) is 0 Å². The standard InChI is InChI=1S/C9H17N.C3H6/c1-2-10-6-8-4-3-5-9(8)7-10;1-2-3-1/h8-9H,2-7H2,1H3;1-3H2/t8-,9+;. The van der Waals surface area contributed by atoms with Crippen LogP contribution < -0.4 is 0 Å². The highest BCUT2D eigenvalue weighted by Crippen LogP contribution is 2.37. The minimum Gasteiger partial charge on any atom is -0.303 e. The van der Waals surface area contributed by atoms with Gasteiger partial charge in [0, 0.05) is 13.1 Å². The zero-order chi connectivity index (χ0) is 9.10. The second kappa shape index (κ2) is 4.45. The molecule has 0 aromatic rings. The summed E-state index contributed by atoms with van der Waals surface area (Å²) in [5, 5.41) is 0. The Morgan fingerprint density at radius 1 is 0.923 bits per heavy atom. The predicted octanol–water partition coefficient (Wildman–Crippen LogP) is 2.91. The molecule has 76 valence electrons. The van der Waals surface area contributed by atoms with E-state index in [-0.39, 0.29) is 0 Å². The summed E-state index contributed by atoms with van der Waals surface area (Å²) in [5.41, 5.74) is 0. The molecular formula is C12H23N. The van der Waals surface area contributed by atoms with Gasteiger partial charge in [-0.3, -0.25) is 0 Å². The van der Waals surface area contributed by atoms with E-state index in [0.29, 0.717) is 0 Å². The lowest BCUT2D eigenvalue weighted by Crippen LogP contribution is -2.20. The average molecular weight is 181 g/mol. The Morgan fingerprint density at radius 3 is 1.85 bits per heavy atom. The van der Waals surface area contributed by atoms with E-state index in [1.807, 2.05) is 0 Å². The molecule has 0 radical (unpaired) electrons. The van der Waals surface area contributed by atoms with Crippen LogP contribution in [0.1, 0.15) is 45.4 Å². The van der Waals surface area contributed by atoms with Crippen molar-refractivity contribution in [2.45, 2.75) is 45.4 Å². The van der Waals surface area contributed by atoms with E-state index in [2.05, 4.69) is 11.8 Å². The van der Waals surface area contributed by atoms with Crippen LogP contribution in [0, 0.1) is 11.8 Å². The highest BCUT2D eigenvalue weighted by atomic mass is 15.1. The summed E-state index contributed by atoms with van der Waals surface area (Å²) in [6, 6.07) is 0. The van der Waals surface area contributed by atoms with Crippen LogP contribution in [0.4, 0.5) is 0 Å². The molecule has 1 nitrogen and oxygen atoms in total. The zero-order valence-corrected chi connectivity index (χ0v) is 8.97. The quantitative estimate of drug-likeness (QED) is 0.601. The van der Waals surface area contributed by atoms with E-state index in [1.165, 1.54) is 58.2 Å². The Hall–Kier alpha value is -0.0400. The van der Waals surface area contributed by atoms with Crippen LogP contribution >= 0.6 is 0 Å². The monoisotopic (exact) mass is 181 g/mol. The third-order valence-corrected chi connectivity index (χ3v) is 3.60. The Kier molecular flexibility index (Phi) is 3.26. The summed E-state index contributed by atoms with van der Waals surface area (Å²) < 4.78 is 0. The van der Waals surface area contributed by atoms with Gasteiger partial charge in [0.2, 0.25) is 0 Å². The van der Waals surface area contributed by atoms with Crippen LogP contribution in [0.2, 0.25) is 0 Å². The first-order valence-electron chi connectivity index (χ1n) is 6.12. The van der Waals surface area contributed by atoms with Crippen molar-refractivity contribution in [2.24, 2.45) is 11.8 Å². The third kappa shape index (κ3) is 2.70. The molecule has 13 heavy (non-hydrogen) atoms. The molecule has 0 aromatic carbocycles. The van der Waals surface area contributed by atoms with E-state index >= 15 is 0 Å². The molecule has 3 fully saturated rings. The molecule has 1 aliphatic heterocycles. The molecule has 0 N–H and O–H groups in total. The molecule has 3 aliphatic rings. The number of hydrogen-bond acceptors (Lipinski definition) is 1. The van der Waals surface area contributed by atoms with Gasteiger partial charge in [0.25, 0.3) is 0 Å². The van der Waals surface area contributed by atoms with Crippen LogP contribution in [0.15, 0.2) is 0 Å². The van der Waals surface area contributed by atoms with Gasteiger partial charge in [-0.05, 0) is 31.2 Å². The van der Waals surface area contributed by atoms with Crippen molar-refractivity contribution in [3.63, 3.8) is 0 Å². The molecule has 1 heterocycles. The molecule has 2 saturated carbocycles. The highest BCUT2D eigenvalue weighted by molar-refractivity contribution is 4.87. The number of likely N-dealkylation sites (tertiary alicyclic amines) is 1. The average Bonchev–Trinajstić information content (AvgIpc) is 2.85. The first kappa shape index (κ1) is 9.51. The Labute approximate surface area is 82.5 Å². The SMILES string of the molecule is C1CC1.CCN1C[C@H]2CCC[C@H]2C1. The maximum absolute atomic E-state index is 2.61. The first-order chi connectivity index (χ1) is 6.40. The summed E-state index contributed by atoms with van der Waals surface area (Å²) in [6.07, 6.45) is 9.04. The molecule has 0 amide bonds. The molecule has 2 aliphatic carbocycles. The van der Waals surface area contributed by atoms with Crippen molar-refractivity contribution < 1.29 is 0 Å². The van der Waals surface area contributed by atoms with Gasteiger partial charge in [-0.1, -0.05) is 32.6 Å². The van der Waals surface area contributed by atoms with Gasteiger partial charge in [0.15, 0.2) is 0 Å². The number of hydrogen-bond donors (Lipinski definition) is 0. The van der Waals surface area contributed by atoms with Crippen LogP contribution in [0.5, 0.6) is 0 Å². The molecule has 0 bridgehead atoms. The van der Waals surface area contributed by atoms with Crippen LogP contribution in [0.25, 0.3) is 0 Å². The smallest absolute Gasteiger partial charge is 0.00128 e. The fourth-order valence-corrected chi connectivity index (χ4v) is 2.59. The number of fused-ring (bicyclic) bond motifs is 1. The normalized spacial score (nSPS) is 36.7. The van der Waals surface area contributed by atoms with Crippen molar-refractivity contribution in [2.75, 3.05) is 19.6 Å². The molecular weight excluding hydrogens is 158 g/mol.